The first kappa shape index (κ1) is 14.2. The van der Waals surface area contributed by atoms with Gasteiger partial charge in [-0.3, -0.25) is 9.78 Å². The van der Waals surface area contributed by atoms with Crippen molar-refractivity contribution in [3.63, 3.8) is 0 Å². The highest BCUT2D eigenvalue weighted by molar-refractivity contribution is 5.82. The van der Waals surface area contributed by atoms with E-state index in [-0.39, 0.29) is 0 Å². The van der Waals surface area contributed by atoms with E-state index < -0.39 is 0 Å². The fraction of sp³-hybridized carbons (Fsp3) is 0.368. The molecule has 1 aromatic heterocycles. The van der Waals surface area contributed by atoms with Gasteiger partial charge in [-0.25, -0.2) is 0 Å². The highest BCUT2D eigenvalue weighted by atomic mass is 16.2. The molecule has 0 unspecified atom stereocenters. The Morgan fingerprint density at radius 1 is 1.00 bits per heavy atom. The van der Waals surface area contributed by atoms with Gasteiger partial charge in [-0.2, -0.15) is 0 Å². The summed E-state index contributed by atoms with van der Waals surface area (Å²) in [6.45, 7) is 3.39. The molecule has 2 fully saturated rings. The van der Waals surface area contributed by atoms with E-state index in [1.807, 2.05) is 23.4 Å². The normalized spacial score (nSPS) is 18.1. The molecule has 0 spiro atoms. The maximum atomic E-state index is 12.2. The molecule has 0 N–H and O–H groups in total. The van der Waals surface area contributed by atoms with Crippen LogP contribution >= 0.6 is 0 Å². The van der Waals surface area contributed by atoms with Gasteiger partial charge in [0.2, 0.25) is 5.91 Å². The molecule has 2 heterocycles. The Bertz CT molecular complexity index is 689. The van der Waals surface area contributed by atoms with E-state index in [1.54, 1.807) is 0 Å². The second kappa shape index (κ2) is 6.03. The lowest BCUT2D eigenvalue weighted by Crippen LogP contribution is -2.49. The molecule has 0 atom stereocenters. The van der Waals surface area contributed by atoms with Crippen LogP contribution < -0.4 is 4.90 Å². The number of hydrogen-bond donors (Lipinski definition) is 0. The number of carbonyl (C=O) groups excluding carboxylic acids is 1. The first-order chi connectivity index (χ1) is 11.3. The van der Waals surface area contributed by atoms with Gasteiger partial charge in [-0.05, 0) is 24.5 Å². The molecule has 1 saturated heterocycles. The average Bonchev–Trinajstić information content (AvgIpc) is 3.47. The standard InChI is InChI=1S/C19H21N3O/c23-19(16-6-7-16)22-12-10-21(11-13-22)18-14-20-9-8-17(18)15-4-2-1-3-5-15/h1-5,8-9,14,16H,6-7,10-13H2. The van der Waals surface area contributed by atoms with Gasteiger partial charge in [0.1, 0.15) is 0 Å². The van der Waals surface area contributed by atoms with Crippen molar-refractivity contribution in [1.82, 2.24) is 9.88 Å². The van der Waals surface area contributed by atoms with Gasteiger partial charge >= 0.3 is 0 Å². The third-order valence-electron chi connectivity index (χ3n) is 4.74. The van der Waals surface area contributed by atoms with Gasteiger partial charge in [-0.15, -0.1) is 0 Å². The first-order valence-electron chi connectivity index (χ1n) is 8.36. The minimum Gasteiger partial charge on any atom is -0.366 e. The molecule has 1 aliphatic carbocycles. The quantitative estimate of drug-likeness (QED) is 0.875. The number of hydrogen-bond acceptors (Lipinski definition) is 3. The van der Waals surface area contributed by atoms with Crippen LogP contribution in [0.2, 0.25) is 0 Å². The summed E-state index contributed by atoms with van der Waals surface area (Å²) in [4.78, 5) is 20.9. The fourth-order valence-corrected chi connectivity index (χ4v) is 3.26. The first-order valence-corrected chi connectivity index (χ1v) is 8.36. The van der Waals surface area contributed by atoms with Crippen LogP contribution in [0, 0.1) is 5.92 Å². The molecule has 1 aromatic carbocycles. The third kappa shape index (κ3) is 2.93. The molecule has 4 rings (SSSR count). The Morgan fingerprint density at radius 3 is 2.43 bits per heavy atom. The summed E-state index contributed by atoms with van der Waals surface area (Å²) >= 11 is 0. The van der Waals surface area contributed by atoms with Crippen molar-refractivity contribution in [2.75, 3.05) is 31.1 Å². The summed E-state index contributed by atoms with van der Waals surface area (Å²) < 4.78 is 0. The van der Waals surface area contributed by atoms with Crippen molar-refractivity contribution in [3.05, 3.63) is 48.8 Å². The minimum atomic E-state index is 0.319. The van der Waals surface area contributed by atoms with Crippen molar-refractivity contribution in [3.8, 4) is 11.1 Å². The summed E-state index contributed by atoms with van der Waals surface area (Å²) in [5.41, 5.74) is 3.58. The SMILES string of the molecule is O=C(C1CC1)N1CCN(c2cnccc2-c2ccccc2)CC1. The number of nitrogens with zero attached hydrogens (tertiary/aromatic N) is 3. The molecule has 4 heteroatoms. The Balaban J connectivity index is 1.52. The summed E-state index contributed by atoms with van der Waals surface area (Å²) in [5, 5.41) is 0. The van der Waals surface area contributed by atoms with E-state index in [1.165, 1.54) is 11.1 Å². The molecule has 0 bridgehead atoms. The van der Waals surface area contributed by atoms with Crippen LogP contribution in [0.15, 0.2) is 48.8 Å². The van der Waals surface area contributed by atoms with E-state index >= 15 is 0 Å². The number of benzene rings is 1. The molecule has 1 amide bonds. The molecule has 2 aromatic rings. The van der Waals surface area contributed by atoms with Crippen molar-refractivity contribution in [2.45, 2.75) is 12.8 Å². The lowest BCUT2D eigenvalue weighted by atomic mass is 10.0. The molecule has 118 valence electrons. The molecule has 1 aliphatic heterocycles. The molecule has 1 saturated carbocycles. The van der Waals surface area contributed by atoms with E-state index in [0.29, 0.717) is 11.8 Å². The van der Waals surface area contributed by atoms with E-state index in [9.17, 15) is 4.79 Å². The predicted octanol–water partition coefficient (Wildman–Crippen LogP) is 2.81. The van der Waals surface area contributed by atoms with Crippen LogP contribution in [0.4, 0.5) is 5.69 Å². The minimum absolute atomic E-state index is 0.319. The monoisotopic (exact) mass is 307 g/mol. The van der Waals surface area contributed by atoms with Gasteiger partial charge < -0.3 is 9.80 Å². The number of piperazine rings is 1. The van der Waals surface area contributed by atoms with Crippen LogP contribution in [-0.2, 0) is 4.79 Å². The summed E-state index contributed by atoms with van der Waals surface area (Å²) in [6, 6.07) is 12.5. The molecular weight excluding hydrogens is 286 g/mol. The van der Waals surface area contributed by atoms with Gasteiger partial charge in [0, 0.05) is 43.9 Å². The Hall–Kier alpha value is -2.36. The molecule has 0 radical (unpaired) electrons. The van der Waals surface area contributed by atoms with Gasteiger partial charge in [0.25, 0.3) is 0 Å². The summed E-state index contributed by atoms with van der Waals surface area (Å²) in [7, 11) is 0. The van der Waals surface area contributed by atoms with Gasteiger partial charge in [0.15, 0.2) is 0 Å². The molecular formula is C19H21N3O. The highest BCUT2D eigenvalue weighted by Crippen LogP contribution is 2.33. The fourth-order valence-electron chi connectivity index (χ4n) is 3.26. The van der Waals surface area contributed by atoms with Crippen LogP contribution in [0.1, 0.15) is 12.8 Å². The van der Waals surface area contributed by atoms with Crippen LogP contribution in [0.5, 0.6) is 0 Å². The lowest BCUT2D eigenvalue weighted by molar-refractivity contribution is -0.132. The topological polar surface area (TPSA) is 36.4 Å². The molecule has 4 nitrogen and oxygen atoms in total. The van der Waals surface area contributed by atoms with E-state index in [4.69, 9.17) is 0 Å². The average molecular weight is 307 g/mol. The number of aromatic nitrogens is 1. The van der Waals surface area contributed by atoms with Crippen molar-refractivity contribution in [1.29, 1.82) is 0 Å². The Morgan fingerprint density at radius 2 is 1.74 bits per heavy atom. The highest BCUT2D eigenvalue weighted by Gasteiger charge is 2.34. The smallest absolute Gasteiger partial charge is 0.225 e. The maximum absolute atomic E-state index is 12.2. The van der Waals surface area contributed by atoms with Crippen molar-refractivity contribution < 1.29 is 4.79 Å². The Kier molecular flexibility index (Phi) is 3.74. The van der Waals surface area contributed by atoms with Crippen LogP contribution in [-0.4, -0.2) is 42.0 Å². The van der Waals surface area contributed by atoms with Gasteiger partial charge in [0.05, 0.1) is 11.9 Å². The zero-order valence-electron chi connectivity index (χ0n) is 13.2. The third-order valence-corrected chi connectivity index (χ3v) is 4.74. The van der Waals surface area contributed by atoms with Crippen LogP contribution in [0.3, 0.4) is 0 Å². The molecule has 2 aliphatic rings. The largest absolute Gasteiger partial charge is 0.366 e. The number of pyridine rings is 1. The second-order valence-electron chi connectivity index (χ2n) is 6.35. The Labute approximate surface area is 136 Å². The summed E-state index contributed by atoms with van der Waals surface area (Å²) in [5.74, 6) is 0.680. The number of anilines is 1. The molecule has 23 heavy (non-hydrogen) atoms. The van der Waals surface area contributed by atoms with Crippen LogP contribution in [0.25, 0.3) is 11.1 Å². The number of rotatable bonds is 3. The number of carbonyl (C=O) groups is 1. The van der Waals surface area contributed by atoms with Crippen molar-refractivity contribution >= 4 is 11.6 Å². The zero-order valence-corrected chi connectivity index (χ0v) is 13.2. The van der Waals surface area contributed by atoms with E-state index in [2.05, 4.69) is 40.2 Å². The maximum Gasteiger partial charge on any atom is 0.225 e. The zero-order chi connectivity index (χ0) is 15.6. The van der Waals surface area contributed by atoms with Crippen molar-refractivity contribution in [2.24, 2.45) is 5.92 Å². The summed E-state index contributed by atoms with van der Waals surface area (Å²) in [6.07, 6.45) is 5.96. The second-order valence-corrected chi connectivity index (χ2v) is 6.35. The number of amides is 1. The van der Waals surface area contributed by atoms with E-state index in [0.717, 1.165) is 44.7 Å². The van der Waals surface area contributed by atoms with Gasteiger partial charge in [-0.1, -0.05) is 30.3 Å². The lowest BCUT2D eigenvalue weighted by Gasteiger charge is -2.37. The predicted molar refractivity (Wildman–Crippen MR) is 91.2 cm³/mol.